The van der Waals surface area contributed by atoms with Crippen molar-refractivity contribution in [3.63, 3.8) is 0 Å². The molecule has 0 radical (unpaired) electrons. The van der Waals surface area contributed by atoms with Crippen molar-refractivity contribution < 1.29 is 0 Å². The van der Waals surface area contributed by atoms with E-state index in [4.69, 9.17) is 0 Å². The molecule has 0 N–H and O–H groups in total. The van der Waals surface area contributed by atoms with E-state index in [0.29, 0.717) is 0 Å². The largest absolute Gasteiger partial charge is 0.0985 e. The number of fused-ring (bicyclic) bond motifs is 6. The molecular weight excluding hydrogens is 360 g/mol. The lowest BCUT2D eigenvalue weighted by molar-refractivity contribution is 0.603. The van der Waals surface area contributed by atoms with Crippen LogP contribution in [0.25, 0.3) is 28.3 Å². The third-order valence-electron chi connectivity index (χ3n) is 7.26. The molecule has 0 nitrogen and oxygen atoms in total. The van der Waals surface area contributed by atoms with Gasteiger partial charge in [0, 0.05) is 5.41 Å². The highest BCUT2D eigenvalue weighted by Crippen LogP contribution is 2.57. The highest BCUT2D eigenvalue weighted by Gasteiger charge is 2.46. The Labute approximate surface area is 178 Å². The van der Waals surface area contributed by atoms with Gasteiger partial charge in [0.25, 0.3) is 0 Å². The van der Waals surface area contributed by atoms with Gasteiger partial charge in [-0.2, -0.15) is 0 Å². The van der Waals surface area contributed by atoms with Gasteiger partial charge in [-0.3, -0.25) is 0 Å². The predicted octanol–water partition coefficient (Wildman–Crippen LogP) is 7.63. The molecule has 4 aromatic carbocycles. The first-order valence-corrected chi connectivity index (χ1v) is 10.9. The molecule has 0 bridgehead atoms. The summed E-state index contributed by atoms with van der Waals surface area (Å²) >= 11 is 0. The van der Waals surface area contributed by atoms with Crippen LogP contribution in [0.15, 0.2) is 91.5 Å². The second-order valence-corrected chi connectivity index (χ2v) is 8.44. The zero-order valence-electron chi connectivity index (χ0n) is 17.3. The number of rotatable bonds is 3. The molecule has 0 fully saturated rings. The van der Waals surface area contributed by atoms with Crippen LogP contribution in [0.4, 0.5) is 0 Å². The van der Waals surface area contributed by atoms with Crippen molar-refractivity contribution in [2.24, 2.45) is 0 Å². The van der Waals surface area contributed by atoms with Crippen molar-refractivity contribution in [3.05, 3.63) is 125 Å². The van der Waals surface area contributed by atoms with Gasteiger partial charge in [0.2, 0.25) is 0 Å². The summed E-state index contributed by atoms with van der Waals surface area (Å²) in [7, 11) is 0. The van der Waals surface area contributed by atoms with Gasteiger partial charge in [0.1, 0.15) is 0 Å². The second-order valence-electron chi connectivity index (χ2n) is 8.44. The van der Waals surface area contributed by atoms with Crippen LogP contribution in [0.2, 0.25) is 0 Å². The summed E-state index contributed by atoms with van der Waals surface area (Å²) in [6.45, 7) is 6.56. The molecule has 144 valence electrons. The average Bonchev–Trinajstić information content (AvgIpc) is 3.32. The van der Waals surface area contributed by atoms with Gasteiger partial charge in [-0.1, -0.05) is 105 Å². The van der Waals surface area contributed by atoms with Crippen molar-refractivity contribution in [2.75, 3.05) is 0 Å². The van der Waals surface area contributed by atoms with Crippen molar-refractivity contribution in [3.8, 4) is 22.3 Å². The summed E-state index contributed by atoms with van der Waals surface area (Å²) in [4.78, 5) is 0. The molecule has 0 heteroatoms. The van der Waals surface area contributed by atoms with Crippen LogP contribution < -0.4 is 0 Å². The van der Waals surface area contributed by atoms with Crippen molar-refractivity contribution in [2.45, 2.75) is 25.2 Å². The van der Waals surface area contributed by atoms with E-state index in [-0.39, 0.29) is 5.41 Å². The van der Waals surface area contributed by atoms with Crippen LogP contribution in [0.1, 0.15) is 46.7 Å². The average molecular weight is 385 g/mol. The fourth-order valence-corrected chi connectivity index (χ4v) is 6.06. The third-order valence-corrected chi connectivity index (χ3v) is 7.26. The van der Waals surface area contributed by atoms with Gasteiger partial charge in [-0.05, 0) is 68.5 Å². The van der Waals surface area contributed by atoms with E-state index in [0.717, 1.165) is 12.8 Å². The van der Waals surface area contributed by atoms with E-state index in [1.54, 1.807) is 0 Å². The highest BCUT2D eigenvalue weighted by atomic mass is 14.5. The molecule has 0 atom stereocenters. The van der Waals surface area contributed by atoms with Crippen LogP contribution >= 0.6 is 0 Å². The maximum absolute atomic E-state index is 4.21. The topological polar surface area (TPSA) is 0 Å². The maximum Gasteiger partial charge on any atom is 0.0470 e. The first-order chi connectivity index (χ1) is 14.8. The van der Waals surface area contributed by atoms with Crippen molar-refractivity contribution in [1.29, 1.82) is 0 Å². The summed E-state index contributed by atoms with van der Waals surface area (Å²) in [5, 5.41) is 0. The van der Waals surface area contributed by atoms with E-state index in [2.05, 4.69) is 105 Å². The fraction of sp³-hybridized carbons (Fsp3) is 0.133. The molecular formula is C30H24. The van der Waals surface area contributed by atoms with Crippen LogP contribution in [0, 0.1) is 0 Å². The Kier molecular flexibility index (Phi) is 3.67. The third kappa shape index (κ3) is 2.06. The van der Waals surface area contributed by atoms with Gasteiger partial charge in [-0.25, -0.2) is 0 Å². The van der Waals surface area contributed by atoms with Gasteiger partial charge >= 0.3 is 0 Å². The van der Waals surface area contributed by atoms with Crippen LogP contribution in [0.5, 0.6) is 0 Å². The Bertz CT molecular complexity index is 1280. The molecule has 0 spiro atoms. The van der Waals surface area contributed by atoms with E-state index < -0.39 is 0 Å². The zero-order chi connectivity index (χ0) is 20.3. The van der Waals surface area contributed by atoms with E-state index in [1.165, 1.54) is 55.6 Å². The van der Waals surface area contributed by atoms with Crippen LogP contribution in [-0.4, -0.2) is 0 Å². The molecule has 0 amide bonds. The maximum atomic E-state index is 4.21. The van der Waals surface area contributed by atoms with Gasteiger partial charge in [-0.15, -0.1) is 0 Å². The van der Waals surface area contributed by atoms with Gasteiger partial charge in [0.05, 0.1) is 0 Å². The molecule has 0 aromatic heterocycles. The predicted molar refractivity (Wildman–Crippen MR) is 127 cm³/mol. The lowest BCUT2D eigenvalue weighted by Crippen LogP contribution is -2.28. The molecule has 0 heterocycles. The molecule has 6 rings (SSSR count). The Balaban J connectivity index is 1.75. The molecule has 0 saturated carbocycles. The molecule has 30 heavy (non-hydrogen) atoms. The van der Waals surface area contributed by atoms with Crippen LogP contribution in [0.3, 0.4) is 0 Å². The van der Waals surface area contributed by atoms with Crippen molar-refractivity contribution in [1.82, 2.24) is 0 Å². The smallest absolute Gasteiger partial charge is 0.0470 e. The Hall–Kier alpha value is -3.38. The minimum atomic E-state index is -0.149. The number of hydrogen-bond donors (Lipinski definition) is 0. The quantitative estimate of drug-likeness (QED) is 0.300. The van der Waals surface area contributed by atoms with Gasteiger partial charge in [0.15, 0.2) is 0 Å². The molecule has 0 aliphatic heterocycles. The molecule has 0 saturated heterocycles. The molecule has 2 aliphatic rings. The minimum Gasteiger partial charge on any atom is -0.0985 e. The Morgan fingerprint density at radius 1 is 0.733 bits per heavy atom. The standard InChI is InChI=1S/C30H24/c1-3-20-17-18-23-22-12-6-5-11-21(22)19-26(23)29(20)30(4-2)27-15-9-7-13-24(27)25-14-8-10-16-28(25)30/h3,5-18H,1,4,19H2,2H3. The van der Waals surface area contributed by atoms with Crippen LogP contribution in [-0.2, 0) is 11.8 Å². The first kappa shape index (κ1) is 17.5. The number of benzene rings is 4. The summed E-state index contributed by atoms with van der Waals surface area (Å²) in [5.74, 6) is 0. The molecule has 0 unspecified atom stereocenters. The lowest BCUT2D eigenvalue weighted by atomic mass is 9.67. The normalized spacial score (nSPS) is 14.6. The monoisotopic (exact) mass is 384 g/mol. The second kappa shape index (κ2) is 6.31. The number of hydrogen-bond acceptors (Lipinski definition) is 0. The van der Waals surface area contributed by atoms with E-state index in [1.807, 2.05) is 0 Å². The summed E-state index contributed by atoms with van der Waals surface area (Å²) < 4.78 is 0. The molecule has 4 aromatic rings. The van der Waals surface area contributed by atoms with Gasteiger partial charge < -0.3 is 0 Å². The minimum absolute atomic E-state index is 0.149. The Morgan fingerprint density at radius 3 is 1.97 bits per heavy atom. The lowest BCUT2D eigenvalue weighted by Gasteiger charge is -2.35. The SMILES string of the molecule is C=Cc1ccc2c(c1C1(CC)c3ccccc3-c3ccccc31)Cc1ccccc1-2. The molecule has 2 aliphatic carbocycles. The van der Waals surface area contributed by atoms with E-state index >= 15 is 0 Å². The fourth-order valence-electron chi connectivity index (χ4n) is 6.06. The van der Waals surface area contributed by atoms with E-state index in [9.17, 15) is 0 Å². The summed E-state index contributed by atoms with van der Waals surface area (Å²) in [6.07, 6.45) is 4.07. The van der Waals surface area contributed by atoms with Crippen molar-refractivity contribution >= 4 is 6.08 Å². The Morgan fingerprint density at radius 2 is 1.33 bits per heavy atom. The summed E-state index contributed by atoms with van der Waals surface area (Å²) in [5.41, 5.74) is 13.8. The first-order valence-electron chi connectivity index (χ1n) is 10.9. The zero-order valence-corrected chi connectivity index (χ0v) is 17.3. The highest BCUT2D eigenvalue weighted by molar-refractivity contribution is 5.88. The summed E-state index contributed by atoms with van der Waals surface area (Å²) in [6, 6.07) is 31.4.